The van der Waals surface area contributed by atoms with Crippen molar-refractivity contribution in [1.82, 2.24) is 0 Å². The van der Waals surface area contributed by atoms with Gasteiger partial charge in [0.1, 0.15) is 0 Å². The first-order valence-electron chi connectivity index (χ1n) is 67.4. The smallest absolute Gasteiger partial charge is 0.0738 e. The molecule has 0 spiro atoms. The largest absolute Gasteiger partial charge is 0.390 e. The van der Waals surface area contributed by atoms with Crippen LogP contribution < -0.4 is 0 Å². The molecule has 0 radical (unpaired) electrons. The zero-order valence-corrected chi connectivity index (χ0v) is 110. The Morgan fingerprint density at radius 1 is 0.137 bits per heavy atom. The maximum absolute atomic E-state index is 18.1. The maximum atomic E-state index is 18.1. The first-order chi connectivity index (χ1) is 67.9. The Bertz CT molecular complexity index is 2770. The second-order valence-corrected chi connectivity index (χ2v) is 63.0. The Hall–Kier alpha value is -0.0800. The fourth-order valence-electron chi connectivity index (χ4n) is 29.2. The molecule has 0 rings (SSSR count). The minimum absolute atomic E-state index is 0.137. The Morgan fingerprint density at radius 3 is 0.411 bits per heavy atom. The van der Waals surface area contributed by atoms with Crippen molar-refractivity contribution in [3.05, 3.63) is 0 Å². The van der Waals surface area contributed by atoms with Crippen molar-refractivity contribution in [2.45, 2.75) is 708 Å². The molecule has 0 heterocycles. The van der Waals surface area contributed by atoms with E-state index in [2.05, 4.69) is 312 Å². The quantitative estimate of drug-likeness (QED) is 0.0637. The second kappa shape index (κ2) is 79.0. The molecule has 0 fully saturated rings. The topological polar surface area (TPSA) is 40.5 Å². The van der Waals surface area contributed by atoms with Crippen LogP contribution in [0.2, 0.25) is 0 Å². The van der Waals surface area contributed by atoms with Crippen molar-refractivity contribution in [3.8, 4) is 0 Å². The summed E-state index contributed by atoms with van der Waals surface area (Å²) in [5.41, 5.74) is -3.91. The summed E-state index contributed by atoms with van der Waals surface area (Å²) >= 11 is 0. The van der Waals surface area contributed by atoms with E-state index in [1.165, 1.54) is 334 Å². The van der Waals surface area contributed by atoms with Gasteiger partial charge < -0.3 is 10.2 Å². The number of hydrogen-bond acceptors (Lipinski definition) is 2. The normalized spacial score (nSPS) is 20.6. The summed E-state index contributed by atoms with van der Waals surface area (Å²) in [7, 11) is 0. The monoisotopic (exact) mass is 2050 g/mol. The zero-order valence-electron chi connectivity index (χ0n) is 110. The molecule has 2 N–H and O–H groups in total. The van der Waals surface area contributed by atoms with Crippen molar-refractivity contribution >= 4 is 0 Å². The molecule has 0 aromatic heterocycles. The van der Waals surface area contributed by atoms with Gasteiger partial charge in [-0.15, -0.1) is 0 Å². The molecule has 2 heteroatoms. The second-order valence-electron chi connectivity index (χ2n) is 63.0. The summed E-state index contributed by atoms with van der Waals surface area (Å²) in [6.07, 6.45) is 75.9. The van der Waals surface area contributed by atoms with Gasteiger partial charge in [0.15, 0.2) is 0 Å². The lowest BCUT2D eigenvalue weighted by Crippen LogP contribution is -2.70. The van der Waals surface area contributed by atoms with Crippen LogP contribution in [0.1, 0.15) is 697 Å². The SMILES string of the molecule is CCCC(C)CC(C)(O)CC(CC(C)CCC(C)CCC(C)CCC(C)C)(CC(C)CCC(C)CCC(C)CCC(C)C)C(C)(O)C(CC(C)CCC(C)CCC(C)CCC(C)C)(CC(C)CCC(C)CCC(C)CCC(C)C)C(C)(CC(C)CCC(C)CCC(C)CCC(C)C)C(CC(C)CCC(C)CCC(C)CCC(C)C)(CC(C)CCC(C)CCC(C)CCC(C)C)CC(C)CCC(C)CCC(C)CCC(C)C. The molecule has 28 unspecified atom stereocenters. The third-order valence-corrected chi connectivity index (χ3v) is 40.7. The van der Waals surface area contributed by atoms with Crippen LogP contribution in [0.5, 0.6) is 0 Å². The van der Waals surface area contributed by atoms with Gasteiger partial charge in [-0.05, 0) is 284 Å². The Kier molecular flexibility index (Phi) is 79.0. The van der Waals surface area contributed by atoms with Gasteiger partial charge in [0, 0.05) is 10.8 Å². The van der Waals surface area contributed by atoms with Crippen LogP contribution in [0.25, 0.3) is 0 Å². The van der Waals surface area contributed by atoms with Gasteiger partial charge in [0.05, 0.1) is 11.2 Å². The van der Waals surface area contributed by atoms with Crippen LogP contribution in [0, 0.1) is 217 Å². The molecule has 0 saturated carbocycles. The fourth-order valence-corrected chi connectivity index (χ4v) is 29.2. The van der Waals surface area contributed by atoms with E-state index in [9.17, 15) is 5.11 Å². The lowest BCUT2D eigenvalue weighted by molar-refractivity contribution is -0.281. The highest BCUT2D eigenvalue weighted by atomic mass is 16.3. The van der Waals surface area contributed by atoms with Gasteiger partial charge in [0.2, 0.25) is 0 Å². The molecule has 878 valence electrons. The molecule has 0 aliphatic carbocycles. The lowest BCUT2D eigenvalue weighted by Gasteiger charge is -2.71. The predicted octanol–water partition coefficient (Wildman–Crippen LogP) is 49.0. The van der Waals surface area contributed by atoms with E-state index in [0.29, 0.717) is 107 Å². The van der Waals surface area contributed by atoms with Crippen LogP contribution in [0.4, 0.5) is 0 Å². The highest BCUT2D eigenvalue weighted by Crippen LogP contribution is 2.74. The van der Waals surface area contributed by atoms with Crippen LogP contribution in [-0.2, 0) is 0 Å². The summed E-state index contributed by atoms with van der Waals surface area (Å²) < 4.78 is 0. The van der Waals surface area contributed by atoms with E-state index in [1.807, 2.05) is 0 Å². The first-order valence-corrected chi connectivity index (χ1v) is 67.4. The molecule has 146 heavy (non-hydrogen) atoms. The molecule has 0 amide bonds. The fraction of sp³-hybridized carbons (Fsp3) is 1.00. The standard InChI is InChI=1S/C144H290O2/c1-46-47-130(34)96-139(43,145)105-143(101-135(39)92-84-126(30)76-68-118(22)60-52-110(10)11,102-136(40)93-85-127(31)77-69-119(23)61-53-111(12)13)141(45,146)144(103-137(41)94-86-128(32)78-70-120(24)62-54-112(14)15,104-138(42)95-87-129(33)79-71-121(25)63-55-113(16)17)140(44,97-131(35)88-80-122(26)72-64-114(18)56-48-106(2)3)142(98-132(36)89-81-123(27)73-65-115(19)57-49-107(4)5,99-133(37)90-82-124(28)74-66-116(20)58-50-108(6)7)100-134(38)91-83-125(29)75-67-117(21)59-51-109(8)9/h106-138,145-146H,46-105H2,1-45H3. The highest BCUT2D eigenvalue weighted by Gasteiger charge is 2.71. The average Bonchev–Trinajstić information content (AvgIpc) is 0.680. The van der Waals surface area contributed by atoms with Crippen LogP contribution >= 0.6 is 0 Å². The minimum atomic E-state index is -1.22. The van der Waals surface area contributed by atoms with Crippen LogP contribution in [0.15, 0.2) is 0 Å². The van der Waals surface area contributed by atoms with Gasteiger partial charge in [-0.25, -0.2) is 0 Å². The molecule has 28 atom stereocenters. The number of aliphatic hydroxyl groups is 2. The Labute approximate surface area is 929 Å². The van der Waals surface area contributed by atoms with Crippen molar-refractivity contribution in [2.75, 3.05) is 0 Å². The van der Waals surface area contributed by atoms with E-state index < -0.39 is 22.0 Å². The van der Waals surface area contributed by atoms with E-state index in [1.54, 1.807) is 0 Å². The first kappa shape index (κ1) is 146. The molecule has 0 aliphatic heterocycles. The van der Waals surface area contributed by atoms with Gasteiger partial charge in [-0.2, -0.15) is 0 Å². The molecule has 0 saturated heterocycles. The predicted molar refractivity (Wildman–Crippen MR) is 667 cm³/mol. The average molecular weight is 2050 g/mol. The number of rotatable bonds is 98. The maximum Gasteiger partial charge on any atom is 0.0738 e. The van der Waals surface area contributed by atoms with Crippen molar-refractivity contribution in [3.63, 3.8) is 0 Å². The van der Waals surface area contributed by atoms with Crippen molar-refractivity contribution in [1.29, 1.82) is 0 Å². The lowest BCUT2D eigenvalue weighted by atomic mass is 9.35. The molecular weight excluding hydrogens is 1760 g/mol. The molecule has 2 nitrogen and oxygen atoms in total. The van der Waals surface area contributed by atoms with E-state index >= 15 is 5.11 Å². The van der Waals surface area contributed by atoms with Gasteiger partial charge in [-0.3, -0.25) is 0 Å². The van der Waals surface area contributed by atoms with Crippen LogP contribution in [0.3, 0.4) is 0 Å². The molecule has 0 aromatic rings. The van der Waals surface area contributed by atoms with Crippen LogP contribution in [-0.4, -0.2) is 21.4 Å². The Balaban J connectivity index is 11.9. The third kappa shape index (κ3) is 66.7. The third-order valence-electron chi connectivity index (χ3n) is 40.7. The summed E-state index contributed by atoms with van der Waals surface area (Å²) in [6.45, 7) is 117. The van der Waals surface area contributed by atoms with E-state index in [0.717, 1.165) is 140 Å². The molecule has 0 aliphatic rings. The van der Waals surface area contributed by atoms with Gasteiger partial charge in [-0.1, -0.05) is 619 Å². The Morgan fingerprint density at radius 2 is 0.260 bits per heavy atom. The molecular formula is C144H290O2. The van der Waals surface area contributed by atoms with E-state index in [-0.39, 0.29) is 10.8 Å². The minimum Gasteiger partial charge on any atom is -0.390 e. The summed E-state index contributed by atoms with van der Waals surface area (Å²) in [4.78, 5) is 0. The number of hydrogen-bond donors (Lipinski definition) is 2. The molecule has 0 bridgehead atoms. The van der Waals surface area contributed by atoms with Gasteiger partial charge in [0.25, 0.3) is 0 Å². The van der Waals surface area contributed by atoms with E-state index in [4.69, 9.17) is 0 Å². The van der Waals surface area contributed by atoms with Gasteiger partial charge >= 0.3 is 0 Å². The zero-order chi connectivity index (χ0) is 111. The van der Waals surface area contributed by atoms with Crippen molar-refractivity contribution in [2.24, 2.45) is 217 Å². The molecule has 0 aromatic carbocycles. The summed E-state index contributed by atoms with van der Waals surface area (Å²) in [5, 5.41) is 33.1. The highest BCUT2D eigenvalue weighted by molar-refractivity contribution is 5.20. The van der Waals surface area contributed by atoms with Crippen molar-refractivity contribution < 1.29 is 10.2 Å². The summed E-state index contributed by atoms with van der Waals surface area (Å²) in [5.74, 6) is 21.4. The summed E-state index contributed by atoms with van der Waals surface area (Å²) in [6, 6.07) is 0.